The predicted octanol–water partition coefficient (Wildman–Crippen LogP) is 3.44. The molecule has 1 aliphatic rings. The van der Waals surface area contributed by atoms with Crippen molar-refractivity contribution in [3.63, 3.8) is 0 Å². The van der Waals surface area contributed by atoms with E-state index in [9.17, 15) is 0 Å². The maximum absolute atomic E-state index is 5.82. The van der Waals surface area contributed by atoms with Gasteiger partial charge in [-0.3, -0.25) is 0 Å². The van der Waals surface area contributed by atoms with Crippen molar-refractivity contribution in [1.82, 2.24) is 10.3 Å². The van der Waals surface area contributed by atoms with Crippen molar-refractivity contribution in [2.24, 2.45) is 0 Å². The maximum Gasteiger partial charge on any atom is 0.143 e. The number of hydrogen-bond acceptors (Lipinski definition) is 3. The molecule has 0 saturated carbocycles. The molecule has 1 N–H and O–H groups in total. The molecule has 0 aliphatic carbocycles. The monoisotopic (exact) mass is 340 g/mol. The van der Waals surface area contributed by atoms with Gasteiger partial charge in [-0.1, -0.05) is 11.6 Å². The van der Waals surface area contributed by atoms with E-state index in [2.05, 4.69) is 33.2 Å². The highest BCUT2D eigenvalue weighted by Gasteiger charge is 2.22. The lowest BCUT2D eigenvalue weighted by molar-refractivity contribution is 0.179. The van der Waals surface area contributed by atoms with E-state index in [1.807, 2.05) is 6.07 Å². The van der Waals surface area contributed by atoms with E-state index in [4.69, 9.17) is 16.3 Å². The molecule has 3 nitrogen and oxygen atoms in total. The van der Waals surface area contributed by atoms with Crippen LogP contribution in [0.1, 0.15) is 19.8 Å². The molecule has 1 unspecified atom stereocenters. The smallest absolute Gasteiger partial charge is 0.143 e. The fraction of sp³-hybridized carbons (Fsp3) is 0.545. The summed E-state index contributed by atoms with van der Waals surface area (Å²) in [7, 11) is 0. The van der Waals surface area contributed by atoms with Gasteiger partial charge in [-0.05, 0) is 48.3 Å². The first kappa shape index (κ1) is 15.0. The molecule has 0 radical (unpaired) electrons. The minimum atomic E-state index is 0. The first-order chi connectivity index (χ1) is 7.66. The normalized spacial score (nSPS) is 20.8. The molecule has 2 atom stereocenters. The third kappa shape index (κ3) is 3.98. The quantitative estimate of drug-likeness (QED) is 0.855. The van der Waals surface area contributed by atoms with Crippen LogP contribution in [0.5, 0.6) is 5.75 Å². The van der Waals surface area contributed by atoms with Crippen molar-refractivity contribution in [2.75, 3.05) is 6.54 Å². The molecule has 0 spiro atoms. The Bertz CT molecular complexity index is 372. The lowest BCUT2D eigenvalue weighted by Crippen LogP contribution is -2.36. The van der Waals surface area contributed by atoms with Gasteiger partial charge in [0, 0.05) is 6.04 Å². The van der Waals surface area contributed by atoms with Crippen LogP contribution in [0, 0.1) is 0 Å². The Kier molecular flexibility index (Phi) is 6.00. The zero-order valence-electron chi connectivity index (χ0n) is 9.45. The zero-order chi connectivity index (χ0) is 11.5. The number of halogens is 3. The van der Waals surface area contributed by atoms with Crippen molar-refractivity contribution in [2.45, 2.75) is 31.9 Å². The Morgan fingerprint density at radius 2 is 2.41 bits per heavy atom. The number of rotatable bonds is 3. The molecule has 96 valence electrons. The highest BCUT2D eigenvalue weighted by atomic mass is 79.9. The van der Waals surface area contributed by atoms with Gasteiger partial charge < -0.3 is 10.1 Å². The van der Waals surface area contributed by atoms with Gasteiger partial charge in [0.05, 0.1) is 10.7 Å². The molecule has 2 heterocycles. The largest absolute Gasteiger partial charge is 0.487 e. The van der Waals surface area contributed by atoms with Crippen LogP contribution in [0.3, 0.4) is 0 Å². The second-order valence-corrected chi connectivity index (χ2v) is 5.18. The maximum atomic E-state index is 5.82. The van der Waals surface area contributed by atoms with Gasteiger partial charge in [0.1, 0.15) is 17.0 Å². The summed E-state index contributed by atoms with van der Waals surface area (Å²) in [5.41, 5.74) is 0. The number of ether oxygens (including phenoxy) is 1. The Labute approximate surface area is 121 Å². The lowest BCUT2D eigenvalue weighted by Gasteiger charge is -2.21. The van der Waals surface area contributed by atoms with Crippen molar-refractivity contribution in [1.29, 1.82) is 0 Å². The SMILES string of the molecule is CC(Oc1cnc(Cl)c(Br)c1)[C@H]1CCCN1.Cl. The second-order valence-electron chi connectivity index (χ2n) is 3.97. The van der Waals surface area contributed by atoms with E-state index in [0.29, 0.717) is 11.2 Å². The van der Waals surface area contributed by atoms with E-state index in [0.717, 1.165) is 16.8 Å². The van der Waals surface area contributed by atoms with Crippen LogP contribution in [-0.4, -0.2) is 23.7 Å². The zero-order valence-corrected chi connectivity index (χ0v) is 12.6. The summed E-state index contributed by atoms with van der Waals surface area (Å²) < 4.78 is 6.58. The van der Waals surface area contributed by atoms with Gasteiger partial charge in [-0.25, -0.2) is 4.98 Å². The molecule has 0 bridgehead atoms. The van der Waals surface area contributed by atoms with Crippen LogP contribution in [0.25, 0.3) is 0 Å². The van der Waals surface area contributed by atoms with E-state index in [1.54, 1.807) is 6.20 Å². The van der Waals surface area contributed by atoms with Crippen LogP contribution in [0.4, 0.5) is 0 Å². The molecule has 0 aromatic carbocycles. The third-order valence-electron chi connectivity index (χ3n) is 2.76. The third-order valence-corrected chi connectivity index (χ3v) is 3.89. The number of nitrogens with one attached hydrogen (secondary N) is 1. The Morgan fingerprint density at radius 1 is 1.65 bits per heavy atom. The summed E-state index contributed by atoms with van der Waals surface area (Å²) in [6.07, 6.45) is 4.19. The average Bonchev–Trinajstić information content (AvgIpc) is 2.77. The molecule has 1 aliphatic heterocycles. The number of nitrogens with zero attached hydrogens (tertiary/aromatic N) is 1. The molecule has 1 saturated heterocycles. The highest BCUT2D eigenvalue weighted by molar-refractivity contribution is 9.10. The fourth-order valence-corrected chi connectivity index (χ4v) is 2.31. The fourth-order valence-electron chi connectivity index (χ4n) is 1.88. The summed E-state index contributed by atoms with van der Waals surface area (Å²) in [5.74, 6) is 0.748. The topological polar surface area (TPSA) is 34.1 Å². The molecule has 1 fully saturated rings. The predicted molar refractivity (Wildman–Crippen MR) is 75.3 cm³/mol. The first-order valence-electron chi connectivity index (χ1n) is 5.38. The van der Waals surface area contributed by atoms with E-state index >= 15 is 0 Å². The molecule has 1 aromatic heterocycles. The van der Waals surface area contributed by atoms with Gasteiger partial charge in [0.25, 0.3) is 0 Å². The molecular weight excluding hydrogens is 327 g/mol. The Morgan fingerprint density at radius 3 is 3.00 bits per heavy atom. The summed E-state index contributed by atoms with van der Waals surface area (Å²) in [6.45, 7) is 3.16. The van der Waals surface area contributed by atoms with Crippen molar-refractivity contribution < 1.29 is 4.74 Å². The van der Waals surface area contributed by atoms with Crippen LogP contribution in [-0.2, 0) is 0 Å². The van der Waals surface area contributed by atoms with Crippen LogP contribution in [0.2, 0.25) is 5.15 Å². The summed E-state index contributed by atoms with van der Waals surface area (Å²) in [6, 6.07) is 2.29. The summed E-state index contributed by atoms with van der Waals surface area (Å²) in [4.78, 5) is 4.03. The molecule has 17 heavy (non-hydrogen) atoms. The number of hydrogen-bond donors (Lipinski definition) is 1. The minimum absolute atomic E-state index is 0. The molecule has 0 amide bonds. The van der Waals surface area contributed by atoms with Crippen LogP contribution < -0.4 is 10.1 Å². The molecule has 6 heteroatoms. The van der Waals surface area contributed by atoms with Gasteiger partial charge >= 0.3 is 0 Å². The van der Waals surface area contributed by atoms with Crippen molar-refractivity contribution >= 4 is 39.9 Å². The average molecular weight is 342 g/mol. The molecule has 2 rings (SSSR count). The van der Waals surface area contributed by atoms with E-state index in [-0.39, 0.29) is 18.5 Å². The second kappa shape index (κ2) is 6.78. The van der Waals surface area contributed by atoms with E-state index in [1.165, 1.54) is 12.8 Å². The molecule has 1 aromatic rings. The minimum Gasteiger partial charge on any atom is -0.487 e. The van der Waals surface area contributed by atoms with Gasteiger partial charge in [-0.2, -0.15) is 0 Å². The highest BCUT2D eigenvalue weighted by Crippen LogP contribution is 2.25. The summed E-state index contributed by atoms with van der Waals surface area (Å²) >= 11 is 9.15. The number of pyridine rings is 1. The number of aromatic nitrogens is 1. The van der Waals surface area contributed by atoms with E-state index < -0.39 is 0 Å². The van der Waals surface area contributed by atoms with Gasteiger partial charge in [0.2, 0.25) is 0 Å². The lowest BCUT2D eigenvalue weighted by atomic mass is 10.1. The van der Waals surface area contributed by atoms with Crippen molar-refractivity contribution in [3.8, 4) is 5.75 Å². The molecular formula is C11H15BrCl2N2O. The Hall–Kier alpha value is -0.0300. The van der Waals surface area contributed by atoms with Gasteiger partial charge in [0.15, 0.2) is 0 Å². The van der Waals surface area contributed by atoms with Crippen molar-refractivity contribution in [3.05, 3.63) is 21.9 Å². The Balaban J connectivity index is 0.00000144. The van der Waals surface area contributed by atoms with Gasteiger partial charge in [-0.15, -0.1) is 12.4 Å². The van der Waals surface area contributed by atoms with Crippen LogP contribution in [0.15, 0.2) is 16.7 Å². The standard InChI is InChI=1S/C11H14BrClN2O.ClH/c1-7(10-3-2-4-14-10)16-8-5-9(12)11(13)15-6-8;/h5-7,10,14H,2-4H2,1H3;1H/t7?,10-;/m1./s1. The first-order valence-corrected chi connectivity index (χ1v) is 6.55. The summed E-state index contributed by atoms with van der Waals surface area (Å²) in [5, 5.41) is 3.88. The van der Waals surface area contributed by atoms with Crippen LogP contribution >= 0.6 is 39.9 Å².